The Balaban J connectivity index is 4.41. The Morgan fingerprint density at radius 3 is 0.789 bits per heavy atom. The number of phosphoric acid groups is 2. The number of aliphatic hydroxyl groups is 2. The average Bonchev–Trinajstić information content (AvgIpc) is 0.916. The summed E-state index contributed by atoms with van der Waals surface area (Å²) in [7, 11) is -9.79. The first-order valence-corrected chi connectivity index (χ1v) is 47.2. The Labute approximate surface area is 666 Å². The highest BCUT2D eigenvalue weighted by atomic mass is 31.2. The van der Waals surface area contributed by atoms with E-state index in [1.165, 1.54) is 193 Å². The molecule has 0 radical (unpaired) electrons. The molecule has 16 nitrogen and oxygen atoms in total. The monoisotopic (exact) mass is 1570 g/mol. The number of ether oxygens (including phenoxy) is 3. The number of phosphoric ester groups is 2. The van der Waals surface area contributed by atoms with Crippen molar-refractivity contribution < 1.29 is 75.8 Å². The van der Waals surface area contributed by atoms with E-state index in [0.29, 0.717) is 19.3 Å². The maximum atomic E-state index is 13.0. The van der Waals surface area contributed by atoms with Crippen molar-refractivity contribution in [2.75, 3.05) is 39.6 Å². The predicted molar refractivity (Wildman–Crippen MR) is 454 cm³/mol. The van der Waals surface area contributed by atoms with Crippen LogP contribution in [-0.2, 0) is 55.8 Å². The van der Waals surface area contributed by atoms with Gasteiger partial charge in [-0.3, -0.25) is 32.5 Å². The van der Waals surface area contributed by atoms with E-state index in [0.717, 1.165) is 141 Å². The largest absolute Gasteiger partial charge is 0.472 e. The highest BCUT2D eigenvalue weighted by molar-refractivity contribution is 7.47. The molecule has 0 saturated carbocycles. The molecule has 0 bridgehead atoms. The van der Waals surface area contributed by atoms with Crippen LogP contribution in [0.5, 0.6) is 0 Å². The van der Waals surface area contributed by atoms with Gasteiger partial charge >= 0.3 is 33.6 Å². The Bertz CT molecular complexity index is 2420. The first kappa shape index (κ1) is 105. The van der Waals surface area contributed by atoms with Gasteiger partial charge in [-0.15, -0.1) is 0 Å². The van der Waals surface area contributed by atoms with Crippen LogP contribution in [-0.4, -0.2) is 95.9 Å². The van der Waals surface area contributed by atoms with Crippen molar-refractivity contribution in [3.63, 3.8) is 0 Å². The third-order valence-electron chi connectivity index (χ3n) is 19.0. The lowest BCUT2D eigenvalue weighted by molar-refractivity contribution is -0.161. The van der Waals surface area contributed by atoms with Gasteiger partial charge in [-0.25, -0.2) is 9.13 Å². The van der Waals surface area contributed by atoms with Gasteiger partial charge in [0.1, 0.15) is 25.4 Å². The lowest BCUT2D eigenvalue weighted by Gasteiger charge is -2.21. The van der Waals surface area contributed by atoms with Crippen LogP contribution in [0.3, 0.4) is 0 Å². The van der Waals surface area contributed by atoms with Crippen LogP contribution >= 0.6 is 15.6 Å². The van der Waals surface area contributed by atoms with Crippen molar-refractivity contribution >= 4 is 33.6 Å². The second-order valence-electron chi connectivity index (χ2n) is 29.7. The molecule has 0 aromatic rings. The second-order valence-corrected chi connectivity index (χ2v) is 32.6. The van der Waals surface area contributed by atoms with Crippen molar-refractivity contribution in [3.8, 4) is 0 Å². The minimum atomic E-state index is -4.93. The molecular formula is C91H162O16P2. The van der Waals surface area contributed by atoms with Crippen molar-refractivity contribution in [1.29, 1.82) is 0 Å². The van der Waals surface area contributed by atoms with E-state index in [4.69, 9.17) is 32.3 Å². The number of carbonyl (C=O) groups is 3. The molecule has 0 amide bonds. The molecule has 0 spiro atoms. The van der Waals surface area contributed by atoms with Crippen LogP contribution in [0.1, 0.15) is 393 Å². The van der Waals surface area contributed by atoms with E-state index in [9.17, 15) is 43.5 Å². The first-order chi connectivity index (χ1) is 53.2. The summed E-state index contributed by atoms with van der Waals surface area (Å²) in [4.78, 5) is 58.8. The van der Waals surface area contributed by atoms with Gasteiger partial charge in [-0.2, -0.15) is 0 Å². The molecule has 5 unspecified atom stereocenters. The molecule has 0 heterocycles. The smallest absolute Gasteiger partial charge is 0.463 e. The number of rotatable bonds is 84. The summed E-state index contributed by atoms with van der Waals surface area (Å²) in [6.45, 7) is 2.59. The third-order valence-corrected chi connectivity index (χ3v) is 20.9. The topological polar surface area (TPSA) is 231 Å². The zero-order valence-electron chi connectivity index (χ0n) is 69.5. The molecule has 0 saturated heterocycles. The van der Waals surface area contributed by atoms with E-state index in [-0.39, 0.29) is 19.3 Å². The highest BCUT2D eigenvalue weighted by Gasteiger charge is 2.29. The van der Waals surface area contributed by atoms with Gasteiger partial charge in [0.05, 0.1) is 26.4 Å². The quantitative estimate of drug-likeness (QED) is 0.0146. The van der Waals surface area contributed by atoms with Gasteiger partial charge in [-0.05, 0) is 109 Å². The second kappa shape index (κ2) is 83.6. The van der Waals surface area contributed by atoms with Crippen molar-refractivity contribution in [3.05, 3.63) is 109 Å². The summed E-state index contributed by atoms with van der Waals surface area (Å²) in [6.07, 6.45) is 100. The first-order valence-electron chi connectivity index (χ1n) is 44.2. The number of hydrogen-bond donors (Lipinski definition) is 4. The summed E-state index contributed by atoms with van der Waals surface area (Å²) in [5.41, 5.74) is 0. The SMILES string of the molecule is CC/C=C\C/C=C\C/C=C\C/C=C\C/C=C\CCCCCCCCCC(=O)OCC(COP(=O)(O)OCC(O)COP(=O)(O)OCC(O)COC(=O)CCCCCCCCCCCCCCCCCCCCC/C=C\C/C=C\C/C=C\C/C=C\CCCCC)OC(=O)CCCCCCCCCCCCCCCCC. The normalized spacial score (nSPS) is 14.4. The van der Waals surface area contributed by atoms with Crippen LogP contribution in [0.4, 0.5) is 0 Å². The van der Waals surface area contributed by atoms with Gasteiger partial charge in [0.2, 0.25) is 0 Å². The molecule has 632 valence electrons. The standard InChI is InChI=1S/C91H162O16P2/c1-4-7-10-13-16-19-22-25-28-30-32-34-36-37-38-39-40-41-42-43-44-45-46-47-49-51-52-54-57-59-62-65-68-71-74-77-89(94)101-80-86(92)81-103-108(97,98)104-82-87(93)83-105-109(99,100)106-85-88(107-91(96)79-76-73-70-67-64-61-56-27-24-21-18-15-12-9-6-3)84-102-90(95)78-75-72-69-66-63-60-58-55-53-50-48-35-33-31-29-26-23-20-17-14-11-8-5-2/h8,11,16-17,19-20,25-26,28-29,32-35,37-38,50,53,86-88,92-93H,4-7,9-10,12-15,18,21-24,27,30-31,36,39-49,51-52,54-85H2,1-3H3,(H,97,98)(H,99,100)/b11-8-,19-16-,20-17-,28-25-,29-26-,34-32-,35-33-,38-37-,53-50-. The van der Waals surface area contributed by atoms with Crippen molar-refractivity contribution in [1.82, 2.24) is 0 Å². The minimum Gasteiger partial charge on any atom is -0.463 e. The fourth-order valence-corrected chi connectivity index (χ4v) is 13.9. The highest BCUT2D eigenvalue weighted by Crippen LogP contribution is 2.45. The van der Waals surface area contributed by atoms with Gasteiger partial charge < -0.3 is 34.2 Å². The minimum absolute atomic E-state index is 0.105. The summed E-state index contributed by atoms with van der Waals surface area (Å²) in [5.74, 6) is -1.57. The summed E-state index contributed by atoms with van der Waals surface area (Å²) >= 11 is 0. The Hall–Kier alpha value is -3.79. The number of aliphatic hydroxyl groups excluding tert-OH is 2. The Morgan fingerprint density at radius 2 is 0.486 bits per heavy atom. The molecule has 0 aliphatic heterocycles. The van der Waals surface area contributed by atoms with Crippen molar-refractivity contribution in [2.45, 2.75) is 411 Å². The van der Waals surface area contributed by atoms with Gasteiger partial charge in [0, 0.05) is 19.3 Å². The number of unbranched alkanes of at least 4 members (excludes halogenated alkanes) is 43. The molecule has 4 N–H and O–H groups in total. The maximum absolute atomic E-state index is 13.0. The van der Waals surface area contributed by atoms with E-state index in [2.05, 4.69) is 130 Å². The maximum Gasteiger partial charge on any atom is 0.472 e. The van der Waals surface area contributed by atoms with E-state index in [1.807, 2.05) is 0 Å². The van der Waals surface area contributed by atoms with E-state index < -0.39 is 91.5 Å². The molecule has 18 heteroatoms. The average molecular weight is 1570 g/mol. The Morgan fingerprint density at radius 1 is 0.266 bits per heavy atom. The van der Waals surface area contributed by atoms with E-state index in [1.54, 1.807) is 0 Å². The molecule has 5 atom stereocenters. The molecule has 0 aliphatic carbocycles. The summed E-state index contributed by atoms with van der Waals surface area (Å²) in [6, 6.07) is 0. The van der Waals surface area contributed by atoms with Gasteiger partial charge in [0.25, 0.3) is 0 Å². The van der Waals surface area contributed by atoms with Gasteiger partial charge in [-0.1, -0.05) is 374 Å². The number of esters is 3. The number of hydrogen-bond acceptors (Lipinski definition) is 14. The summed E-state index contributed by atoms with van der Waals surface area (Å²) in [5, 5.41) is 20.7. The molecule has 0 aromatic heterocycles. The van der Waals surface area contributed by atoms with Gasteiger partial charge in [0.15, 0.2) is 6.10 Å². The van der Waals surface area contributed by atoms with Crippen molar-refractivity contribution in [2.24, 2.45) is 0 Å². The zero-order valence-corrected chi connectivity index (χ0v) is 71.3. The fourth-order valence-electron chi connectivity index (χ4n) is 12.3. The number of carbonyl (C=O) groups excluding carboxylic acids is 3. The molecule has 0 fully saturated rings. The molecular weight excluding hydrogens is 1410 g/mol. The van der Waals surface area contributed by atoms with Crippen LogP contribution < -0.4 is 0 Å². The zero-order chi connectivity index (χ0) is 79.4. The molecule has 0 rings (SSSR count). The lowest BCUT2D eigenvalue weighted by Crippen LogP contribution is -2.30. The van der Waals surface area contributed by atoms with Crippen LogP contribution in [0.2, 0.25) is 0 Å². The lowest BCUT2D eigenvalue weighted by atomic mass is 10.0. The third kappa shape index (κ3) is 84.9. The van der Waals surface area contributed by atoms with Crippen LogP contribution in [0.25, 0.3) is 0 Å². The molecule has 0 aliphatic rings. The Kier molecular flexibility index (Phi) is 80.7. The molecule has 0 aromatic carbocycles. The summed E-state index contributed by atoms with van der Waals surface area (Å²) < 4.78 is 61.3. The molecule has 109 heavy (non-hydrogen) atoms. The van der Waals surface area contributed by atoms with Crippen LogP contribution in [0.15, 0.2) is 109 Å². The fraction of sp³-hybridized carbons (Fsp3) is 0.769. The van der Waals surface area contributed by atoms with E-state index >= 15 is 0 Å². The predicted octanol–water partition coefficient (Wildman–Crippen LogP) is 26.7. The number of allylic oxidation sites excluding steroid dienone is 18. The van der Waals surface area contributed by atoms with Crippen LogP contribution in [0, 0.1) is 0 Å².